The summed E-state index contributed by atoms with van der Waals surface area (Å²) in [4.78, 5) is 31.3. The minimum absolute atomic E-state index is 0.114. The van der Waals surface area contributed by atoms with Crippen molar-refractivity contribution in [3.63, 3.8) is 0 Å². The standard InChI is InChI=1S/C18H28N2O5/c1-2-3-4-10-13-17(19(22)23)16-18(20(24)25)14-11-8-6-5-7-9-12-15-21/h6,8,13-15H,2-5,7,9-12,16H2,1H3/b8-6-,17-13+,18-14+. The monoisotopic (exact) mass is 352 g/mol. The van der Waals surface area contributed by atoms with Crippen molar-refractivity contribution >= 4 is 6.29 Å². The van der Waals surface area contributed by atoms with Gasteiger partial charge in [-0.3, -0.25) is 20.2 Å². The molecule has 0 atom stereocenters. The summed E-state index contributed by atoms with van der Waals surface area (Å²) in [6.07, 6.45) is 14.1. The second kappa shape index (κ2) is 15.2. The van der Waals surface area contributed by atoms with Crippen LogP contribution < -0.4 is 0 Å². The van der Waals surface area contributed by atoms with Gasteiger partial charge in [-0.1, -0.05) is 31.9 Å². The van der Waals surface area contributed by atoms with Crippen LogP contribution in [0, 0.1) is 20.2 Å². The van der Waals surface area contributed by atoms with E-state index in [4.69, 9.17) is 0 Å². The number of allylic oxidation sites excluding steroid dienone is 4. The second-order valence-electron chi connectivity index (χ2n) is 5.74. The van der Waals surface area contributed by atoms with E-state index < -0.39 is 9.85 Å². The molecular formula is C18H28N2O5. The van der Waals surface area contributed by atoms with E-state index in [0.29, 0.717) is 19.3 Å². The topological polar surface area (TPSA) is 103 Å². The van der Waals surface area contributed by atoms with Crippen LogP contribution >= 0.6 is 0 Å². The Morgan fingerprint density at radius 1 is 0.840 bits per heavy atom. The summed E-state index contributed by atoms with van der Waals surface area (Å²) in [5.74, 6) is 0. The predicted octanol–water partition coefficient (Wildman–Crippen LogP) is 4.98. The van der Waals surface area contributed by atoms with Gasteiger partial charge in [-0.2, -0.15) is 0 Å². The van der Waals surface area contributed by atoms with Gasteiger partial charge in [-0.25, -0.2) is 0 Å². The highest BCUT2D eigenvalue weighted by molar-refractivity contribution is 5.48. The van der Waals surface area contributed by atoms with Gasteiger partial charge in [0.05, 0.1) is 9.85 Å². The van der Waals surface area contributed by atoms with Crippen molar-refractivity contribution in [3.8, 4) is 0 Å². The molecule has 0 fully saturated rings. The van der Waals surface area contributed by atoms with Crippen molar-refractivity contribution < 1.29 is 14.6 Å². The normalized spacial score (nSPS) is 12.5. The fraction of sp³-hybridized carbons (Fsp3) is 0.611. The number of hydrogen-bond donors (Lipinski definition) is 0. The maximum atomic E-state index is 11.1. The second-order valence-corrected chi connectivity index (χ2v) is 5.74. The molecule has 7 heteroatoms. The average Bonchev–Trinajstić information content (AvgIpc) is 2.57. The Labute approximate surface area is 148 Å². The molecule has 140 valence electrons. The van der Waals surface area contributed by atoms with E-state index in [1.54, 1.807) is 6.08 Å². The van der Waals surface area contributed by atoms with Gasteiger partial charge in [0.25, 0.3) is 11.4 Å². The molecule has 0 amide bonds. The van der Waals surface area contributed by atoms with Gasteiger partial charge in [-0.15, -0.1) is 0 Å². The number of carbonyl (C=O) groups is 1. The first-order valence-electron chi connectivity index (χ1n) is 8.78. The van der Waals surface area contributed by atoms with E-state index in [0.717, 1.165) is 44.8 Å². The quantitative estimate of drug-likeness (QED) is 0.136. The lowest BCUT2D eigenvalue weighted by molar-refractivity contribution is -0.450. The first-order chi connectivity index (χ1) is 12.0. The molecule has 0 spiro atoms. The molecule has 0 radical (unpaired) electrons. The van der Waals surface area contributed by atoms with Gasteiger partial charge in [0, 0.05) is 6.42 Å². The fourth-order valence-corrected chi connectivity index (χ4v) is 2.18. The Hall–Kier alpha value is -2.31. The largest absolute Gasteiger partial charge is 0.303 e. The van der Waals surface area contributed by atoms with Crippen molar-refractivity contribution in [3.05, 3.63) is 55.9 Å². The lowest BCUT2D eigenvalue weighted by Gasteiger charge is -1.99. The number of rotatable bonds is 15. The Balaban J connectivity index is 4.58. The summed E-state index contributed by atoms with van der Waals surface area (Å²) in [7, 11) is 0. The molecule has 0 aliphatic rings. The van der Waals surface area contributed by atoms with Crippen LogP contribution in [0.1, 0.15) is 71.1 Å². The van der Waals surface area contributed by atoms with E-state index >= 15 is 0 Å². The van der Waals surface area contributed by atoms with Gasteiger partial charge < -0.3 is 4.79 Å². The predicted molar refractivity (Wildman–Crippen MR) is 97.2 cm³/mol. The van der Waals surface area contributed by atoms with Crippen molar-refractivity contribution in [2.24, 2.45) is 0 Å². The van der Waals surface area contributed by atoms with E-state index in [9.17, 15) is 25.0 Å². The lowest BCUT2D eigenvalue weighted by atomic mass is 10.1. The number of aldehydes is 1. The van der Waals surface area contributed by atoms with Crippen LogP contribution in [0.25, 0.3) is 0 Å². The van der Waals surface area contributed by atoms with E-state index in [2.05, 4.69) is 0 Å². The Morgan fingerprint density at radius 2 is 1.44 bits per heavy atom. The number of nitro groups is 2. The molecule has 0 aromatic heterocycles. The molecule has 0 aromatic rings. The zero-order valence-corrected chi connectivity index (χ0v) is 14.9. The number of carbonyl (C=O) groups excluding carboxylic acids is 1. The molecule has 0 saturated carbocycles. The van der Waals surface area contributed by atoms with E-state index in [-0.39, 0.29) is 17.8 Å². The van der Waals surface area contributed by atoms with Crippen LogP contribution in [-0.2, 0) is 4.79 Å². The molecule has 25 heavy (non-hydrogen) atoms. The third-order valence-electron chi connectivity index (χ3n) is 3.62. The number of nitrogens with zero attached hydrogens (tertiary/aromatic N) is 2. The summed E-state index contributed by atoms with van der Waals surface area (Å²) in [5, 5.41) is 22.2. The molecule has 0 rings (SSSR count). The maximum Gasteiger partial charge on any atom is 0.253 e. The Kier molecular flexibility index (Phi) is 13.8. The number of unbranched alkanes of at least 4 members (excludes halogenated alkanes) is 6. The van der Waals surface area contributed by atoms with Crippen molar-refractivity contribution in [2.45, 2.75) is 71.1 Å². The molecule has 0 bridgehead atoms. The highest BCUT2D eigenvalue weighted by Crippen LogP contribution is 2.15. The minimum atomic E-state index is -0.554. The Morgan fingerprint density at radius 3 is 2.04 bits per heavy atom. The molecule has 7 nitrogen and oxygen atoms in total. The minimum Gasteiger partial charge on any atom is -0.303 e. The zero-order valence-electron chi connectivity index (χ0n) is 14.9. The third kappa shape index (κ3) is 12.7. The van der Waals surface area contributed by atoms with Crippen LogP contribution in [0.3, 0.4) is 0 Å². The van der Waals surface area contributed by atoms with Crippen LogP contribution in [0.5, 0.6) is 0 Å². The molecule has 0 N–H and O–H groups in total. The van der Waals surface area contributed by atoms with Gasteiger partial charge in [0.15, 0.2) is 0 Å². The van der Waals surface area contributed by atoms with E-state index in [1.165, 1.54) is 12.2 Å². The molecule has 0 heterocycles. The van der Waals surface area contributed by atoms with Gasteiger partial charge >= 0.3 is 0 Å². The summed E-state index contributed by atoms with van der Waals surface area (Å²) >= 11 is 0. The summed E-state index contributed by atoms with van der Waals surface area (Å²) in [6, 6.07) is 0. The van der Waals surface area contributed by atoms with Gasteiger partial charge in [0.2, 0.25) is 0 Å². The highest BCUT2D eigenvalue weighted by Gasteiger charge is 2.20. The molecule has 0 saturated heterocycles. The zero-order chi connectivity index (χ0) is 18.9. The van der Waals surface area contributed by atoms with E-state index in [1.807, 2.05) is 13.0 Å². The SMILES string of the molecule is CCCCC/C=C(\C/C(=C\C/C=C\CCCCC=O)[N+](=O)[O-])[N+](=O)[O-]. The van der Waals surface area contributed by atoms with Gasteiger partial charge in [0.1, 0.15) is 12.7 Å². The molecule has 0 aliphatic heterocycles. The van der Waals surface area contributed by atoms with Crippen molar-refractivity contribution in [2.75, 3.05) is 0 Å². The summed E-state index contributed by atoms with van der Waals surface area (Å²) < 4.78 is 0. The molecular weight excluding hydrogens is 324 g/mol. The Bertz CT molecular complexity index is 510. The van der Waals surface area contributed by atoms with Crippen molar-refractivity contribution in [1.82, 2.24) is 0 Å². The fourth-order valence-electron chi connectivity index (χ4n) is 2.18. The van der Waals surface area contributed by atoms with Crippen LogP contribution in [0.2, 0.25) is 0 Å². The molecule has 0 aliphatic carbocycles. The summed E-state index contributed by atoms with van der Waals surface area (Å²) in [5.41, 5.74) is -0.263. The highest BCUT2D eigenvalue weighted by atomic mass is 16.6. The van der Waals surface area contributed by atoms with Crippen LogP contribution in [0.15, 0.2) is 35.7 Å². The van der Waals surface area contributed by atoms with Crippen LogP contribution in [0.4, 0.5) is 0 Å². The third-order valence-corrected chi connectivity index (χ3v) is 3.62. The first-order valence-corrected chi connectivity index (χ1v) is 8.78. The molecule has 0 unspecified atom stereocenters. The smallest absolute Gasteiger partial charge is 0.253 e. The summed E-state index contributed by atoms with van der Waals surface area (Å²) in [6.45, 7) is 2.04. The average molecular weight is 352 g/mol. The van der Waals surface area contributed by atoms with Gasteiger partial charge in [-0.05, 0) is 50.7 Å². The maximum absolute atomic E-state index is 11.1. The lowest BCUT2D eigenvalue weighted by Crippen LogP contribution is -2.06. The van der Waals surface area contributed by atoms with Crippen molar-refractivity contribution in [1.29, 1.82) is 0 Å². The van der Waals surface area contributed by atoms with Crippen LogP contribution in [-0.4, -0.2) is 16.1 Å². The molecule has 0 aromatic carbocycles. The first kappa shape index (κ1) is 22.7. The number of hydrogen-bond acceptors (Lipinski definition) is 5.